The summed E-state index contributed by atoms with van der Waals surface area (Å²) in [6.45, 7) is 1.76. The van der Waals surface area contributed by atoms with Gasteiger partial charge in [0, 0.05) is 24.1 Å². The number of amides is 1. The molecule has 2 rings (SSSR count). The molecule has 1 aromatic rings. The van der Waals surface area contributed by atoms with E-state index in [0.29, 0.717) is 11.1 Å². The van der Waals surface area contributed by atoms with Gasteiger partial charge in [-0.25, -0.2) is 4.39 Å². The molecule has 4 heteroatoms. The second kappa shape index (κ2) is 6.15. The third kappa shape index (κ3) is 3.32. The van der Waals surface area contributed by atoms with Crippen LogP contribution in [-0.2, 0) is 0 Å². The zero-order chi connectivity index (χ0) is 13.8. The molecule has 3 nitrogen and oxygen atoms in total. The third-order valence-corrected chi connectivity index (χ3v) is 3.89. The van der Waals surface area contributed by atoms with E-state index >= 15 is 0 Å². The van der Waals surface area contributed by atoms with Gasteiger partial charge in [0.1, 0.15) is 5.82 Å². The fraction of sp³-hybridized carbons (Fsp3) is 0.533. The Balaban J connectivity index is 2.05. The zero-order valence-electron chi connectivity index (χ0n) is 11.2. The Morgan fingerprint density at radius 2 is 2.16 bits per heavy atom. The first-order valence-corrected chi connectivity index (χ1v) is 6.79. The highest BCUT2D eigenvalue weighted by Crippen LogP contribution is 2.24. The molecule has 1 saturated carbocycles. The van der Waals surface area contributed by atoms with Gasteiger partial charge < -0.3 is 10.4 Å². The lowest BCUT2D eigenvalue weighted by Gasteiger charge is -2.30. The topological polar surface area (TPSA) is 49.3 Å². The van der Waals surface area contributed by atoms with Gasteiger partial charge in [-0.2, -0.15) is 0 Å². The lowest BCUT2D eigenvalue weighted by atomic mass is 9.85. The fourth-order valence-electron chi connectivity index (χ4n) is 2.60. The Morgan fingerprint density at radius 3 is 2.84 bits per heavy atom. The van der Waals surface area contributed by atoms with Crippen LogP contribution < -0.4 is 5.32 Å². The van der Waals surface area contributed by atoms with Crippen LogP contribution in [0.2, 0.25) is 0 Å². The zero-order valence-corrected chi connectivity index (χ0v) is 11.2. The van der Waals surface area contributed by atoms with Crippen molar-refractivity contribution in [2.75, 3.05) is 6.61 Å². The van der Waals surface area contributed by atoms with Crippen molar-refractivity contribution in [1.29, 1.82) is 0 Å². The number of hydrogen-bond acceptors (Lipinski definition) is 2. The van der Waals surface area contributed by atoms with Crippen LogP contribution in [0.5, 0.6) is 0 Å². The number of hydrogen-bond donors (Lipinski definition) is 2. The van der Waals surface area contributed by atoms with Crippen LogP contribution in [0.1, 0.15) is 41.6 Å². The van der Waals surface area contributed by atoms with E-state index in [1.807, 2.05) is 0 Å². The highest BCUT2D eigenvalue weighted by molar-refractivity contribution is 5.94. The van der Waals surface area contributed by atoms with E-state index in [4.69, 9.17) is 0 Å². The highest BCUT2D eigenvalue weighted by atomic mass is 19.1. The average molecular weight is 265 g/mol. The summed E-state index contributed by atoms with van der Waals surface area (Å²) >= 11 is 0. The van der Waals surface area contributed by atoms with Crippen molar-refractivity contribution < 1.29 is 14.3 Å². The minimum absolute atomic E-state index is 0.00406. The second-order valence-electron chi connectivity index (χ2n) is 5.27. The first-order valence-electron chi connectivity index (χ1n) is 6.79. The monoisotopic (exact) mass is 265 g/mol. The predicted octanol–water partition coefficient (Wildman–Crippen LogP) is 2.42. The van der Waals surface area contributed by atoms with Gasteiger partial charge in [0.15, 0.2) is 0 Å². The van der Waals surface area contributed by atoms with Crippen molar-refractivity contribution >= 4 is 5.91 Å². The number of benzene rings is 1. The number of nitrogens with one attached hydrogen (secondary N) is 1. The van der Waals surface area contributed by atoms with Crippen molar-refractivity contribution in [2.24, 2.45) is 5.92 Å². The van der Waals surface area contributed by atoms with Crippen molar-refractivity contribution in [1.82, 2.24) is 5.32 Å². The molecule has 1 aliphatic rings. The summed E-state index contributed by atoms with van der Waals surface area (Å²) in [5, 5.41) is 12.2. The Bertz CT molecular complexity index is 461. The lowest BCUT2D eigenvalue weighted by molar-refractivity contribution is 0.0872. The van der Waals surface area contributed by atoms with Crippen molar-refractivity contribution in [3.63, 3.8) is 0 Å². The maximum Gasteiger partial charge on any atom is 0.251 e. The molecule has 1 aromatic carbocycles. The number of aliphatic hydroxyl groups excluding tert-OH is 1. The molecule has 2 N–H and O–H groups in total. The molecule has 0 aliphatic heterocycles. The van der Waals surface area contributed by atoms with E-state index in [0.717, 1.165) is 25.7 Å². The molecule has 1 fully saturated rings. The van der Waals surface area contributed by atoms with Gasteiger partial charge in [0.2, 0.25) is 0 Å². The van der Waals surface area contributed by atoms with E-state index in [-0.39, 0.29) is 30.3 Å². The number of aryl methyl sites for hydroxylation is 1. The molecular weight excluding hydrogens is 245 g/mol. The number of carbonyl (C=O) groups is 1. The van der Waals surface area contributed by atoms with Crippen molar-refractivity contribution in [2.45, 2.75) is 38.6 Å². The summed E-state index contributed by atoms with van der Waals surface area (Å²) < 4.78 is 13.4. The quantitative estimate of drug-likeness (QED) is 0.881. The van der Waals surface area contributed by atoms with Crippen LogP contribution in [0.15, 0.2) is 18.2 Å². The Labute approximate surface area is 112 Å². The summed E-state index contributed by atoms with van der Waals surface area (Å²) in [7, 11) is 0. The molecule has 19 heavy (non-hydrogen) atoms. The molecule has 1 aliphatic carbocycles. The third-order valence-electron chi connectivity index (χ3n) is 3.89. The molecule has 0 saturated heterocycles. The summed E-state index contributed by atoms with van der Waals surface area (Å²) in [5.41, 5.74) is 0.868. The molecule has 0 bridgehead atoms. The van der Waals surface area contributed by atoms with Crippen molar-refractivity contribution in [3.05, 3.63) is 35.1 Å². The highest BCUT2D eigenvalue weighted by Gasteiger charge is 2.26. The van der Waals surface area contributed by atoms with E-state index in [1.54, 1.807) is 19.1 Å². The van der Waals surface area contributed by atoms with E-state index in [9.17, 15) is 14.3 Å². The first-order chi connectivity index (χ1) is 9.11. The fourth-order valence-corrected chi connectivity index (χ4v) is 2.60. The van der Waals surface area contributed by atoms with Gasteiger partial charge in [-0.05, 0) is 37.5 Å². The first kappa shape index (κ1) is 14.0. The van der Waals surface area contributed by atoms with Gasteiger partial charge >= 0.3 is 0 Å². The largest absolute Gasteiger partial charge is 0.396 e. The molecule has 0 radical (unpaired) electrons. The molecular formula is C15H20FNO2. The van der Waals surface area contributed by atoms with Crippen molar-refractivity contribution in [3.8, 4) is 0 Å². The average Bonchev–Trinajstić information content (AvgIpc) is 2.42. The summed E-state index contributed by atoms with van der Waals surface area (Å²) in [6, 6.07) is 4.50. The molecule has 2 atom stereocenters. The van der Waals surface area contributed by atoms with E-state index in [1.165, 1.54) is 6.07 Å². The summed E-state index contributed by atoms with van der Waals surface area (Å²) in [6.07, 6.45) is 3.97. The summed E-state index contributed by atoms with van der Waals surface area (Å²) in [4.78, 5) is 12.1. The number of halogens is 1. The minimum atomic E-state index is -0.366. The molecule has 104 valence electrons. The van der Waals surface area contributed by atoms with Gasteiger partial charge in [-0.3, -0.25) is 4.79 Å². The lowest BCUT2D eigenvalue weighted by Crippen LogP contribution is -2.43. The van der Waals surface area contributed by atoms with Gasteiger partial charge in [-0.15, -0.1) is 0 Å². The maximum absolute atomic E-state index is 13.4. The SMILES string of the molecule is Cc1ccc(C(=O)NC2CCCCC2CO)cc1F. The number of aliphatic hydroxyl groups is 1. The van der Waals surface area contributed by atoms with Crippen LogP contribution in [0.3, 0.4) is 0 Å². The van der Waals surface area contributed by atoms with Crippen LogP contribution >= 0.6 is 0 Å². The van der Waals surface area contributed by atoms with Gasteiger partial charge in [-0.1, -0.05) is 18.9 Å². The summed E-state index contributed by atoms with van der Waals surface area (Å²) in [5.74, 6) is -0.507. The van der Waals surface area contributed by atoms with Gasteiger partial charge in [0.25, 0.3) is 5.91 Å². The predicted molar refractivity (Wildman–Crippen MR) is 71.4 cm³/mol. The van der Waals surface area contributed by atoms with E-state index < -0.39 is 0 Å². The van der Waals surface area contributed by atoms with Crippen LogP contribution in [-0.4, -0.2) is 23.7 Å². The Kier molecular flexibility index (Phi) is 4.53. The Hall–Kier alpha value is -1.42. The smallest absolute Gasteiger partial charge is 0.251 e. The van der Waals surface area contributed by atoms with Crippen LogP contribution in [0.25, 0.3) is 0 Å². The van der Waals surface area contributed by atoms with E-state index in [2.05, 4.69) is 5.32 Å². The minimum Gasteiger partial charge on any atom is -0.396 e. The number of rotatable bonds is 3. The number of carbonyl (C=O) groups excluding carboxylic acids is 1. The normalized spacial score (nSPS) is 23.1. The van der Waals surface area contributed by atoms with Crippen LogP contribution in [0.4, 0.5) is 4.39 Å². The standard InChI is InChI=1S/C15H20FNO2/c1-10-6-7-11(8-13(10)16)15(19)17-14-5-3-2-4-12(14)9-18/h6-8,12,14,18H,2-5,9H2,1H3,(H,17,19). The molecule has 0 aromatic heterocycles. The van der Waals surface area contributed by atoms with Crippen LogP contribution in [0, 0.1) is 18.7 Å². The second-order valence-corrected chi connectivity index (χ2v) is 5.27. The maximum atomic E-state index is 13.4. The van der Waals surface area contributed by atoms with Gasteiger partial charge in [0.05, 0.1) is 0 Å². The molecule has 0 heterocycles. The Morgan fingerprint density at radius 1 is 1.42 bits per heavy atom. The molecule has 1 amide bonds. The molecule has 2 unspecified atom stereocenters. The molecule has 0 spiro atoms.